The third-order valence-electron chi connectivity index (χ3n) is 6.38. The molecule has 1 N–H and O–H groups in total. The fourth-order valence-corrected chi connectivity index (χ4v) is 5.22. The van der Waals surface area contributed by atoms with Crippen molar-refractivity contribution in [2.45, 2.75) is 56.1 Å². The first-order chi connectivity index (χ1) is 14.2. The van der Waals surface area contributed by atoms with E-state index in [2.05, 4.69) is 10.2 Å². The molecule has 2 saturated heterocycles. The van der Waals surface area contributed by atoms with Crippen LogP contribution >= 0.6 is 11.8 Å². The molecule has 0 spiro atoms. The summed E-state index contributed by atoms with van der Waals surface area (Å²) >= 11 is 1.34. The van der Waals surface area contributed by atoms with Gasteiger partial charge in [0.15, 0.2) is 6.54 Å². The second kappa shape index (κ2) is 9.93. The Kier molecular flexibility index (Phi) is 7.07. The lowest BCUT2D eigenvalue weighted by Gasteiger charge is -2.32. The number of quaternary nitrogens is 1. The van der Waals surface area contributed by atoms with Crippen LogP contribution in [0.1, 0.15) is 56.8 Å². The number of carbonyl (C=O) groups excluding carboxylic acids is 2. The van der Waals surface area contributed by atoms with Crippen LogP contribution in [-0.2, 0) is 9.59 Å². The minimum atomic E-state index is 0.109. The van der Waals surface area contributed by atoms with E-state index in [1.165, 1.54) is 35.9 Å². The van der Waals surface area contributed by atoms with Gasteiger partial charge in [0.1, 0.15) is 0 Å². The van der Waals surface area contributed by atoms with Crippen LogP contribution in [-0.4, -0.2) is 83.4 Å². The topological polar surface area (TPSA) is 84.0 Å². The molecule has 0 bridgehead atoms. The number of amides is 2. The van der Waals surface area contributed by atoms with Crippen molar-refractivity contribution in [2.75, 3.05) is 51.6 Å². The number of thioether (sulfide) groups is 1. The molecule has 0 unspecified atom stereocenters. The maximum absolute atomic E-state index is 12.5. The van der Waals surface area contributed by atoms with Gasteiger partial charge in [-0.15, -0.1) is 10.2 Å². The molecule has 4 rings (SSSR count). The van der Waals surface area contributed by atoms with Gasteiger partial charge in [0.25, 0.3) is 11.1 Å². The molecule has 0 radical (unpaired) electrons. The Bertz CT molecular complexity index is 692. The fourth-order valence-electron chi connectivity index (χ4n) is 4.55. The number of aromatic nitrogens is 2. The average molecular weight is 423 g/mol. The molecule has 9 heteroatoms. The van der Waals surface area contributed by atoms with E-state index in [0.717, 1.165) is 57.8 Å². The van der Waals surface area contributed by atoms with Crippen LogP contribution in [0.2, 0.25) is 0 Å². The standard InChI is InChI=1S/C20H31N5O3S/c26-17(24-8-4-5-9-24)14-23-10-12-25(13-11-23)18(27)15-29-20-22-21-19(28-20)16-6-2-1-3-7-16/h16H,1-15H2/p+1. The Morgan fingerprint density at radius 3 is 2.34 bits per heavy atom. The number of hydrogen-bond acceptors (Lipinski definition) is 6. The van der Waals surface area contributed by atoms with Gasteiger partial charge in [0.05, 0.1) is 31.9 Å². The van der Waals surface area contributed by atoms with Crippen LogP contribution in [0, 0.1) is 0 Å². The Labute approximate surface area is 176 Å². The molecule has 1 saturated carbocycles. The number of nitrogens with one attached hydrogen (secondary N) is 1. The van der Waals surface area contributed by atoms with Crippen molar-refractivity contribution in [3.63, 3.8) is 0 Å². The second-order valence-corrected chi connectivity index (χ2v) is 9.35. The summed E-state index contributed by atoms with van der Waals surface area (Å²) in [6.45, 7) is 5.46. The lowest BCUT2D eigenvalue weighted by Crippen LogP contribution is -3.15. The number of piperazine rings is 1. The van der Waals surface area contributed by atoms with E-state index >= 15 is 0 Å². The van der Waals surface area contributed by atoms with Gasteiger partial charge in [0, 0.05) is 19.0 Å². The maximum Gasteiger partial charge on any atom is 0.277 e. The molecule has 2 amide bonds. The van der Waals surface area contributed by atoms with Gasteiger partial charge in [-0.05, 0) is 25.7 Å². The molecule has 0 aromatic carbocycles. The highest BCUT2D eigenvalue weighted by Crippen LogP contribution is 2.32. The molecule has 1 aliphatic carbocycles. The highest BCUT2D eigenvalue weighted by atomic mass is 32.2. The second-order valence-electron chi connectivity index (χ2n) is 8.43. The summed E-state index contributed by atoms with van der Waals surface area (Å²) in [5, 5.41) is 8.82. The van der Waals surface area contributed by atoms with Crippen LogP contribution in [0.3, 0.4) is 0 Å². The summed E-state index contributed by atoms with van der Waals surface area (Å²) in [7, 11) is 0. The third-order valence-corrected chi connectivity index (χ3v) is 7.18. The molecule has 8 nitrogen and oxygen atoms in total. The molecule has 3 heterocycles. The predicted molar refractivity (Wildman–Crippen MR) is 109 cm³/mol. The highest BCUT2D eigenvalue weighted by molar-refractivity contribution is 7.99. The zero-order valence-corrected chi connectivity index (χ0v) is 17.9. The van der Waals surface area contributed by atoms with Crippen molar-refractivity contribution < 1.29 is 18.9 Å². The first-order valence-corrected chi connectivity index (χ1v) is 12.0. The normalized spacial score (nSPS) is 21.7. The van der Waals surface area contributed by atoms with Gasteiger partial charge in [-0.3, -0.25) is 9.59 Å². The van der Waals surface area contributed by atoms with Gasteiger partial charge in [0.2, 0.25) is 11.8 Å². The van der Waals surface area contributed by atoms with Gasteiger partial charge in [-0.25, -0.2) is 0 Å². The van der Waals surface area contributed by atoms with E-state index in [-0.39, 0.29) is 11.8 Å². The molecule has 29 heavy (non-hydrogen) atoms. The van der Waals surface area contributed by atoms with E-state index in [1.54, 1.807) is 0 Å². The third kappa shape index (κ3) is 5.51. The van der Waals surface area contributed by atoms with Crippen molar-refractivity contribution >= 4 is 23.6 Å². The summed E-state index contributed by atoms with van der Waals surface area (Å²) in [6.07, 6.45) is 8.25. The molecular formula is C20H32N5O3S+. The zero-order chi connectivity index (χ0) is 20.1. The van der Waals surface area contributed by atoms with Crippen molar-refractivity contribution in [1.29, 1.82) is 0 Å². The van der Waals surface area contributed by atoms with Gasteiger partial charge in [-0.2, -0.15) is 0 Å². The quantitative estimate of drug-likeness (QED) is 0.675. The summed E-state index contributed by atoms with van der Waals surface area (Å²) in [6, 6.07) is 0. The Morgan fingerprint density at radius 1 is 0.931 bits per heavy atom. The first kappa shape index (κ1) is 20.7. The molecule has 1 aromatic heterocycles. The predicted octanol–water partition coefficient (Wildman–Crippen LogP) is 0.559. The summed E-state index contributed by atoms with van der Waals surface area (Å²) < 4.78 is 5.79. The monoisotopic (exact) mass is 422 g/mol. The smallest absolute Gasteiger partial charge is 0.277 e. The molecule has 2 aliphatic heterocycles. The molecule has 160 valence electrons. The van der Waals surface area contributed by atoms with Crippen molar-refractivity contribution in [3.8, 4) is 0 Å². The van der Waals surface area contributed by atoms with Crippen LogP contribution < -0.4 is 4.90 Å². The number of carbonyl (C=O) groups is 2. The lowest BCUT2D eigenvalue weighted by molar-refractivity contribution is -0.896. The van der Waals surface area contributed by atoms with Crippen molar-refractivity contribution in [1.82, 2.24) is 20.0 Å². The highest BCUT2D eigenvalue weighted by Gasteiger charge is 2.28. The van der Waals surface area contributed by atoms with E-state index in [0.29, 0.717) is 36.5 Å². The van der Waals surface area contributed by atoms with E-state index in [4.69, 9.17) is 4.42 Å². The largest absolute Gasteiger partial charge is 0.416 e. The minimum absolute atomic E-state index is 0.109. The van der Waals surface area contributed by atoms with Crippen LogP contribution in [0.5, 0.6) is 0 Å². The van der Waals surface area contributed by atoms with Crippen LogP contribution in [0.25, 0.3) is 0 Å². The number of rotatable bonds is 6. The van der Waals surface area contributed by atoms with E-state index in [1.807, 2.05) is 9.80 Å². The summed E-state index contributed by atoms with van der Waals surface area (Å²) in [5.41, 5.74) is 0. The van der Waals surface area contributed by atoms with Crippen molar-refractivity contribution in [3.05, 3.63) is 5.89 Å². The van der Waals surface area contributed by atoms with Gasteiger partial charge < -0.3 is 19.1 Å². The molecule has 0 atom stereocenters. The van der Waals surface area contributed by atoms with Crippen LogP contribution in [0.15, 0.2) is 9.64 Å². The van der Waals surface area contributed by atoms with Crippen molar-refractivity contribution in [2.24, 2.45) is 0 Å². The zero-order valence-electron chi connectivity index (χ0n) is 17.1. The number of nitrogens with zero attached hydrogens (tertiary/aromatic N) is 4. The fraction of sp³-hybridized carbons (Fsp3) is 0.800. The average Bonchev–Trinajstić information content (AvgIpc) is 3.45. The maximum atomic E-state index is 12.5. The molecule has 3 aliphatic rings. The van der Waals surface area contributed by atoms with Gasteiger partial charge >= 0.3 is 0 Å². The van der Waals surface area contributed by atoms with Gasteiger partial charge in [-0.1, -0.05) is 31.0 Å². The summed E-state index contributed by atoms with van der Waals surface area (Å²) in [5.74, 6) is 1.82. The Morgan fingerprint density at radius 2 is 1.62 bits per heavy atom. The molecule has 1 aromatic rings. The lowest BCUT2D eigenvalue weighted by atomic mass is 9.89. The number of likely N-dealkylation sites (tertiary alicyclic amines) is 1. The first-order valence-electron chi connectivity index (χ1n) is 11.0. The Hall–Kier alpha value is -1.61. The molecular weight excluding hydrogens is 390 g/mol. The van der Waals surface area contributed by atoms with E-state index in [9.17, 15) is 9.59 Å². The minimum Gasteiger partial charge on any atom is -0.416 e. The Balaban J connectivity index is 1.17. The SMILES string of the molecule is O=C(CSc1nnc(C2CCCCC2)o1)N1CC[NH+](CC(=O)N2CCCC2)CC1. The van der Waals surface area contributed by atoms with E-state index < -0.39 is 0 Å². The van der Waals surface area contributed by atoms with Crippen LogP contribution in [0.4, 0.5) is 0 Å². The molecule has 3 fully saturated rings. The number of hydrogen-bond donors (Lipinski definition) is 1. The summed E-state index contributed by atoms with van der Waals surface area (Å²) in [4.78, 5) is 30.0.